The van der Waals surface area contributed by atoms with E-state index in [1.807, 2.05) is 39.0 Å². The first-order valence-corrected chi connectivity index (χ1v) is 6.16. The van der Waals surface area contributed by atoms with Gasteiger partial charge in [0.15, 0.2) is 0 Å². The van der Waals surface area contributed by atoms with Crippen LogP contribution in [0, 0.1) is 27.7 Å². The number of hydrogen-bond acceptors (Lipinski definition) is 3. The fourth-order valence-electron chi connectivity index (χ4n) is 1.82. The Hall–Kier alpha value is -2.23. The van der Waals surface area contributed by atoms with Crippen molar-refractivity contribution in [2.75, 3.05) is 5.32 Å². The van der Waals surface area contributed by atoms with Crippen LogP contribution >= 0.6 is 0 Å². The lowest BCUT2D eigenvalue weighted by Crippen LogP contribution is -2.15. The van der Waals surface area contributed by atoms with E-state index in [1.165, 1.54) is 5.56 Å². The first-order valence-electron chi connectivity index (χ1n) is 6.16. The summed E-state index contributed by atoms with van der Waals surface area (Å²) in [5.41, 5.74) is 4.33. The van der Waals surface area contributed by atoms with Crippen LogP contribution in [-0.2, 0) is 0 Å². The average molecular weight is 255 g/mol. The summed E-state index contributed by atoms with van der Waals surface area (Å²) in [7, 11) is 0. The van der Waals surface area contributed by atoms with Gasteiger partial charge in [0.1, 0.15) is 5.82 Å². The maximum Gasteiger partial charge on any atom is 0.259 e. The van der Waals surface area contributed by atoms with Crippen LogP contribution in [0.3, 0.4) is 0 Å². The molecule has 2 rings (SSSR count). The molecule has 0 saturated carbocycles. The van der Waals surface area contributed by atoms with Crippen molar-refractivity contribution in [1.82, 2.24) is 9.97 Å². The van der Waals surface area contributed by atoms with Gasteiger partial charge in [-0.1, -0.05) is 6.07 Å². The Kier molecular flexibility index (Phi) is 3.60. The van der Waals surface area contributed by atoms with Gasteiger partial charge in [0.25, 0.3) is 5.91 Å². The Bertz CT molecular complexity index is 635. The smallest absolute Gasteiger partial charge is 0.259 e. The predicted octanol–water partition coefficient (Wildman–Crippen LogP) is 2.96. The van der Waals surface area contributed by atoms with E-state index in [2.05, 4.69) is 15.3 Å². The molecule has 1 aromatic heterocycles. The number of amides is 1. The van der Waals surface area contributed by atoms with Gasteiger partial charge in [0, 0.05) is 11.9 Å². The summed E-state index contributed by atoms with van der Waals surface area (Å²) in [5.74, 6) is 0.487. The van der Waals surface area contributed by atoms with Crippen LogP contribution in [0.1, 0.15) is 33.0 Å². The molecule has 4 nitrogen and oxygen atoms in total. The van der Waals surface area contributed by atoms with E-state index in [4.69, 9.17) is 0 Å². The molecule has 98 valence electrons. The standard InChI is InChI=1S/C15H17N3O/c1-9-5-6-13(7-10(9)2)18-15(19)14-8-16-12(4)17-11(14)3/h5-8H,1-4H3,(H,18,19). The maximum atomic E-state index is 12.2. The van der Waals surface area contributed by atoms with Crippen molar-refractivity contribution in [1.29, 1.82) is 0 Å². The van der Waals surface area contributed by atoms with E-state index in [9.17, 15) is 4.79 Å². The number of aromatic nitrogens is 2. The number of aryl methyl sites for hydroxylation is 4. The van der Waals surface area contributed by atoms with Crippen LogP contribution in [0.2, 0.25) is 0 Å². The Morgan fingerprint density at radius 3 is 2.47 bits per heavy atom. The monoisotopic (exact) mass is 255 g/mol. The molecule has 0 unspecified atom stereocenters. The van der Waals surface area contributed by atoms with E-state index < -0.39 is 0 Å². The largest absolute Gasteiger partial charge is 0.322 e. The first-order chi connectivity index (χ1) is 8.97. The second-order valence-corrected chi connectivity index (χ2v) is 4.67. The minimum absolute atomic E-state index is 0.180. The van der Waals surface area contributed by atoms with Gasteiger partial charge in [-0.2, -0.15) is 0 Å². The first kappa shape index (κ1) is 13.2. The van der Waals surface area contributed by atoms with E-state index >= 15 is 0 Å². The number of carbonyl (C=O) groups excluding carboxylic acids is 1. The highest BCUT2D eigenvalue weighted by molar-refractivity contribution is 6.04. The van der Waals surface area contributed by atoms with Crippen molar-refractivity contribution < 1.29 is 4.79 Å². The van der Waals surface area contributed by atoms with Crippen molar-refractivity contribution in [2.24, 2.45) is 0 Å². The van der Waals surface area contributed by atoms with Crippen molar-refractivity contribution in [3.05, 3.63) is 52.6 Å². The van der Waals surface area contributed by atoms with Crippen molar-refractivity contribution in [2.45, 2.75) is 27.7 Å². The lowest BCUT2D eigenvalue weighted by Gasteiger charge is -2.09. The van der Waals surface area contributed by atoms with Gasteiger partial charge >= 0.3 is 0 Å². The van der Waals surface area contributed by atoms with Crippen LogP contribution in [0.5, 0.6) is 0 Å². The molecule has 1 amide bonds. The molecule has 0 aliphatic heterocycles. The van der Waals surface area contributed by atoms with E-state index in [1.54, 1.807) is 13.1 Å². The summed E-state index contributed by atoms with van der Waals surface area (Å²) in [4.78, 5) is 20.4. The van der Waals surface area contributed by atoms with Crippen molar-refractivity contribution >= 4 is 11.6 Å². The Labute approximate surface area is 112 Å². The van der Waals surface area contributed by atoms with Gasteiger partial charge in [0.05, 0.1) is 11.3 Å². The third-order valence-corrected chi connectivity index (χ3v) is 3.11. The topological polar surface area (TPSA) is 54.9 Å². The summed E-state index contributed by atoms with van der Waals surface area (Å²) in [6.07, 6.45) is 1.56. The van der Waals surface area contributed by atoms with Gasteiger partial charge in [-0.25, -0.2) is 9.97 Å². The van der Waals surface area contributed by atoms with E-state index in [0.29, 0.717) is 17.1 Å². The number of nitrogens with one attached hydrogen (secondary N) is 1. The maximum absolute atomic E-state index is 12.2. The Morgan fingerprint density at radius 1 is 1.11 bits per heavy atom. The van der Waals surface area contributed by atoms with Gasteiger partial charge in [-0.05, 0) is 51.0 Å². The summed E-state index contributed by atoms with van der Waals surface area (Å²) < 4.78 is 0. The van der Waals surface area contributed by atoms with Crippen LogP contribution in [-0.4, -0.2) is 15.9 Å². The van der Waals surface area contributed by atoms with Gasteiger partial charge in [-0.3, -0.25) is 4.79 Å². The number of rotatable bonds is 2. The fourth-order valence-corrected chi connectivity index (χ4v) is 1.82. The summed E-state index contributed by atoms with van der Waals surface area (Å²) in [6, 6.07) is 5.84. The fraction of sp³-hybridized carbons (Fsp3) is 0.267. The zero-order chi connectivity index (χ0) is 14.0. The normalized spacial score (nSPS) is 10.3. The van der Waals surface area contributed by atoms with Crippen molar-refractivity contribution in [3.63, 3.8) is 0 Å². The molecular weight excluding hydrogens is 238 g/mol. The number of anilines is 1. The second kappa shape index (κ2) is 5.18. The molecule has 0 radical (unpaired) electrons. The lowest BCUT2D eigenvalue weighted by atomic mass is 10.1. The van der Waals surface area contributed by atoms with Crippen LogP contribution in [0.25, 0.3) is 0 Å². The zero-order valence-electron chi connectivity index (χ0n) is 11.6. The third kappa shape index (κ3) is 2.96. The van der Waals surface area contributed by atoms with Gasteiger partial charge in [-0.15, -0.1) is 0 Å². The van der Waals surface area contributed by atoms with E-state index in [-0.39, 0.29) is 5.91 Å². The number of benzene rings is 1. The molecule has 19 heavy (non-hydrogen) atoms. The minimum atomic E-state index is -0.180. The molecule has 1 N–H and O–H groups in total. The Morgan fingerprint density at radius 2 is 1.84 bits per heavy atom. The average Bonchev–Trinajstić information content (AvgIpc) is 2.33. The highest BCUT2D eigenvalue weighted by Gasteiger charge is 2.11. The molecule has 1 heterocycles. The molecule has 0 saturated heterocycles. The lowest BCUT2D eigenvalue weighted by molar-refractivity contribution is 0.102. The summed E-state index contributed by atoms with van der Waals surface area (Å²) in [6.45, 7) is 7.67. The number of nitrogens with zero attached hydrogens (tertiary/aromatic N) is 2. The van der Waals surface area contributed by atoms with Crippen LogP contribution < -0.4 is 5.32 Å². The highest BCUT2D eigenvalue weighted by Crippen LogP contribution is 2.15. The molecule has 4 heteroatoms. The molecule has 2 aromatic rings. The molecule has 0 fully saturated rings. The highest BCUT2D eigenvalue weighted by atomic mass is 16.1. The van der Waals surface area contributed by atoms with Gasteiger partial charge in [0.2, 0.25) is 0 Å². The number of hydrogen-bond donors (Lipinski definition) is 1. The molecule has 0 spiro atoms. The molecule has 0 aliphatic carbocycles. The third-order valence-electron chi connectivity index (χ3n) is 3.11. The summed E-state index contributed by atoms with van der Waals surface area (Å²) >= 11 is 0. The SMILES string of the molecule is Cc1ncc(C(=O)Nc2ccc(C)c(C)c2)c(C)n1. The summed E-state index contributed by atoms with van der Waals surface area (Å²) in [5, 5.41) is 2.87. The quantitative estimate of drug-likeness (QED) is 0.897. The molecule has 1 aromatic carbocycles. The van der Waals surface area contributed by atoms with Crippen LogP contribution in [0.15, 0.2) is 24.4 Å². The Balaban J connectivity index is 2.23. The minimum Gasteiger partial charge on any atom is -0.322 e. The molecule has 0 bridgehead atoms. The molecule has 0 atom stereocenters. The number of carbonyl (C=O) groups is 1. The molecule has 0 aliphatic rings. The predicted molar refractivity (Wildman–Crippen MR) is 75.4 cm³/mol. The zero-order valence-corrected chi connectivity index (χ0v) is 11.6. The van der Waals surface area contributed by atoms with Crippen LogP contribution in [0.4, 0.5) is 5.69 Å². The molecular formula is C15H17N3O. The van der Waals surface area contributed by atoms with E-state index in [0.717, 1.165) is 11.3 Å². The van der Waals surface area contributed by atoms with Gasteiger partial charge < -0.3 is 5.32 Å². The van der Waals surface area contributed by atoms with Crippen molar-refractivity contribution in [3.8, 4) is 0 Å². The second-order valence-electron chi connectivity index (χ2n) is 4.67.